The third-order valence-electron chi connectivity index (χ3n) is 5.92. The number of urea groups is 1. The smallest absolute Gasteiger partial charge is 0.325 e. The van der Waals surface area contributed by atoms with Crippen molar-refractivity contribution in [2.24, 2.45) is 5.92 Å². The maximum Gasteiger partial charge on any atom is 0.325 e. The molecule has 2 fully saturated rings. The van der Waals surface area contributed by atoms with Crippen LogP contribution >= 0.6 is 0 Å². The molecule has 0 aromatic heterocycles. The topological polar surface area (TPSA) is 81.8 Å². The maximum atomic E-state index is 12.9. The summed E-state index contributed by atoms with van der Waals surface area (Å²) >= 11 is 0. The van der Waals surface area contributed by atoms with E-state index in [1.807, 2.05) is 36.4 Å². The van der Waals surface area contributed by atoms with Crippen LogP contribution in [0.5, 0.6) is 0 Å². The van der Waals surface area contributed by atoms with Gasteiger partial charge in [0, 0.05) is 25.3 Å². The molecule has 2 unspecified atom stereocenters. The van der Waals surface area contributed by atoms with Gasteiger partial charge in [-0.05, 0) is 37.0 Å². The van der Waals surface area contributed by atoms with Crippen molar-refractivity contribution >= 4 is 23.5 Å². The van der Waals surface area contributed by atoms with Gasteiger partial charge < -0.3 is 15.5 Å². The molecule has 2 atom stereocenters. The Morgan fingerprint density at radius 3 is 2.47 bits per heavy atom. The van der Waals surface area contributed by atoms with Crippen LogP contribution in [-0.4, -0.2) is 48.9 Å². The fourth-order valence-electron chi connectivity index (χ4n) is 4.14. The van der Waals surface area contributed by atoms with Crippen LogP contribution in [0.4, 0.5) is 10.5 Å². The number of hydrogen-bond donors (Lipinski definition) is 2. The first-order chi connectivity index (χ1) is 14.5. The van der Waals surface area contributed by atoms with Gasteiger partial charge in [0.2, 0.25) is 5.91 Å². The van der Waals surface area contributed by atoms with Crippen LogP contribution in [0.15, 0.2) is 60.7 Å². The molecular weight excluding hydrogens is 380 g/mol. The third kappa shape index (κ3) is 3.87. The molecule has 2 N–H and O–H groups in total. The summed E-state index contributed by atoms with van der Waals surface area (Å²) in [6, 6.07) is 18.7. The Kier molecular flexibility index (Phi) is 5.44. The van der Waals surface area contributed by atoms with Crippen molar-refractivity contribution in [3.8, 4) is 0 Å². The molecule has 0 saturated carbocycles. The summed E-state index contributed by atoms with van der Waals surface area (Å²) in [4.78, 5) is 41.0. The third-order valence-corrected chi connectivity index (χ3v) is 5.92. The zero-order valence-electron chi connectivity index (χ0n) is 17.0. The Balaban J connectivity index is 1.30. The number of para-hydroxylation sites is 1. The Labute approximate surface area is 176 Å². The minimum atomic E-state index is -1.15. The van der Waals surface area contributed by atoms with E-state index in [2.05, 4.69) is 27.7 Å². The van der Waals surface area contributed by atoms with E-state index in [9.17, 15) is 14.4 Å². The van der Waals surface area contributed by atoms with Crippen LogP contribution in [0.3, 0.4) is 0 Å². The molecule has 0 radical (unpaired) electrons. The molecule has 2 heterocycles. The summed E-state index contributed by atoms with van der Waals surface area (Å²) in [5.74, 6) is -0.397. The van der Waals surface area contributed by atoms with E-state index in [0.29, 0.717) is 18.0 Å². The van der Waals surface area contributed by atoms with Crippen molar-refractivity contribution in [1.82, 2.24) is 15.5 Å². The molecule has 156 valence electrons. The molecule has 2 aliphatic rings. The van der Waals surface area contributed by atoms with Gasteiger partial charge in [-0.1, -0.05) is 48.5 Å². The number of nitrogens with zero attached hydrogens (tertiary/aromatic N) is 2. The fraction of sp³-hybridized carbons (Fsp3) is 0.348. The Morgan fingerprint density at radius 1 is 1.10 bits per heavy atom. The summed E-state index contributed by atoms with van der Waals surface area (Å²) < 4.78 is 0. The second-order valence-corrected chi connectivity index (χ2v) is 8.05. The van der Waals surface area contributed by atoms with Crippen LogP contribution in [0.1, 0.15) is 18.9 Å². The zero-order valence-corrected chi connectivity index (χ0v) is 17.0. The highest BCUT2D eigenvalue weighted by Gasteiger charge is 2.49. The van der Waals surface area contributed by atoms with E-state index in [-0.39, 0.29) is 12.5 Å². The number of nitrogens with one attached hydrogen (secondary N) is 2. The molecule has 4 rings (SSSR count). The number of benzene rings is 2. The summed E-state index contributed by atoms with van der Waals surface area (Å²) in [5.41, 5.74) is 0.726. The van der Waals surface area contributed by atoms with Crippen LogP contribution in [0.2, 0.25) is 0 Å². The predicted molar refractivity (Wildman–Crippen MR) is 114 cm³/mol. The lowest BCUT2D eigenvalue weighted by Gasteiger charge is -2.22. The summed E-state index contributed by atoms with van der Waals surface area (Å²) in [6.07, 6.45) is 0.990. The van der Waals surface area contributed by atoms with Gasteiger partial charge >= 0.3 is 6.03 Å². The van der Waals surface area contributed by atoms with Gasteiger partial charge in [0.05, 0.1) is 0 Å². The largest absolute Gasteiger partial charge is 0.371 e. The van der Waals surface area contributed by atoms with Crippen molar-refractivity contribution < 1.29 is 14.4 Å². The Bertz CT molecular complexity index is 934. The van der Waals surface area contributed by atoms with Crippen molar-refractivity contribution in [3.05, 3.63) is 66.2 Å². The van der Waals surface area contributed by atoms with Crippen LogP contribution < -0.4 is 15.5 Å². The lowest BCUT2D eigenvalue weighted by Crippen LogP contribution is -2.44. The van der Waals surface area contributed by atoms with E-state index in [1.54, 1.807) is 19.1 Å². The molecule has 7 nitrogen and oxygen atoms in total. The zero-order chi connectivity index (χ0) is 21.1. The average Bonchev–Trinajstić information content (AvgIpc) is 3.33. The monoisotopic (exact) mass is 406 g/mol. The molecule has 0 bridgehead atoms. The van der Waals surface area contributed by atoms with E-state index >= 15 is 0 Å². The molecule has 2 aromatic rings. The minimum Gasteiger partial charge on any atom is -0.371 e. The summed E-state index contributed by atoms with van der Waals surface area (Å²) in [5, 5.41) is 5.62. The molecule has 7 heteroatoms. The highest BCUT2D eigenvalue weighted by Crippen LogP contribution is 2.28. The first-order valence-electron chi connectivity index (χ1n) is 10.2. The molecule has 2 aliphatic heterocycles. The Hall–Kier alpha value is -3.35. The standard InChI is InChI=1S/C23H26N4O3/c1-23(18-8-4-2-5-9-18)21(29)27(22(30)25-23)16-20(28)24-14-17-12-13-26(15-17)19-10-6-3-7-11-19/h2-11,17H,12-16H2,1H3,(H,24,28)(H,25,30). The van der Waals surface area contributed by atoms with Gasteiger partial charge in [-0.15, -0.1) is 0 Å². The quantitative estimate of drug-likeness (QED) is 0.720. The predicted octanol–water partition coefficient (Wildman–Crippen LogP) is 2.10. The van der Waals surface area contributed by atoms with E-state index in [1.165, 1.54) is 5.69 Å². The highest BCUT2D eigenvalue weighted by atomic mass is 16.2. The van der Waals surface area contributed by atoms with E-state index < -0.39 is 17.5 Å². The lowest BCUT2D eigenvalue weighted by molar-refractivity contribution is -0.134. The van der Waals surface area contributed by atoms with Crippen LogP contribution in [0, 0.1) is 5.92 Å². The summed E-state index contributed by atoms with van der Waals surface area (Å²) in [6.45, 7) is 3.74. The average molecular weight is 406 g/mol. The van der Waals surface area contributed by atoms with Gasteiger partial charge in [0.15, 0.2) is 0 Å². The molecular formula is C23H26N4O3. The van der Waals surface area contributed by atoms with Crippen LogP contribution in [-0.2, 0) is 15.1 Å². The van der Waals surface area contributed by atoms with E-state index in [4.69, 9.17) is 0 Å². The van der Waals surface area contributed by atoms with Crippen molar-refractivity contribution in [2.45, 2.75) is 18.9 Å². The number of amides is 4. The van der Waals surface area contributed by atoms with E-state index in [0.717, 1.165) is 24.4 Å². The molecule has 2 saturated heterocycles. The molecule has 2 aromatic carbocycles. The normalized spacial score (nSPS) is 23.6. The van der Waals surface area contributed by atoms with Gasteiger partial charge in [0.25, 0.3) is 5.91 Å². The van der Waals surface area contributed by atoms with Gasteiger partial charge in [0.1, 0.15) is 12.1 Å². The van der Waals surface area contributed by atoms with Crippen molar-refractivity contribution in [1.29, 1.82) is 0 Å². The molecule has 0 spiro atoms. The fourth-order valence-corrected chi connectivity index (χ4v) is 4.14. The van der Waals surface area contributed by atoms with Gasteiger partial charge in [-0.2, -0.15) is 0 Å². The number of rotatable bonds is 6. The molecule has 0 aliphatic carbocycles. The van der Waals surface area contributed by atoms with Gasteiger partial charge in [-0.25, -0.2) is 4.79 Å². The van der Waals surface area contributed by atoms with Crippen molar-refractivity contribution in [2.75, 3.05) is 31.1 Å². The second kappa shape index (κ2) is 8.18. The van der Waals surface area contributed by atoms with Crippen molar-refractivity contribution in [3.63, 3.8) is 0 Å². The van der Waals surface area contributed by atoms with Gasteiger partial charge in [-0.3, -0.25) is 14.5 Å². The SMILES string of the molecule is CC1(c2ccccc2)NC(=O)N(CC(=O)NCC2CCN(c3ccccc3)C2)C1=O. The molecule has 4 amide bonds. The number of anilines is 1. The summed E-state index contributed by atoms with van der Waals surface area (Å²) in [7, 11) is 0. The minimum absolute atomic E-state index is 0.276. The maximum absolute atomic E-state index is 12.9. The first-order valence-corrected chi connectivity index (χ1v) is 10.2. The highest BCUT2D eigenvalue weighted by molar-refractivity contribution is 6.09. The second-order valence-electron chi connectivity index (χ2n) is 8.05. The lowest BCUT2D eigenvalue weighted by atomic mass is 9.92. The first kappa shape index (κ1) is 19.9. The number of hydrogen-bond acceptors (Lipinski definition) is 4. The molecule has 30 heavy (non-hydrogen) atoms. The number of carbonyl (C=O) groups excluding carboxylic acids is 3. The Morgan fingerprint density at radius 2 is 1.77 bits per heavy atom. The number of imide groups is 1. The number of carbonyl (C=O) groups is 3. The van der Waals surface area contributed by atoms with Crippen LogP contribution in [0.25, 0.3) is 0 Å².